The molecule has 4 nitrogen and oxygen atoms in total. The zero-order chi connectivity index (χ0) is 24.7. The molecule has 0 aliphatic heterocycles. The fourth-order valence-electron chi connectivity index (χ4n) is 3.95. The second-order valence-corrected chi connectivity index (χ2v) is 11.2. The lowest BCUT2D eigenvalue weighted by Gasteiger charge is -2.31. The van der Waals surface area contributed by atoms with Crippen molar-refractivity contribution in [3.05, 3.63) is 67.6 Å². The van der Waals surface area contributed by atoms with Gasteiger partial charge < -0.3 is 10.2 Å². The lowest BCUT2D eigenvalue weighted by molar-refractivity contribution is -0.139. The van der Waals surface area contributed by atoms with E-state index in [0.717, 1.165) is 36.8 Å². The molecule has 3 rings (SSSR count). The number of thioether (sulfide) groups is 1. The van der Waals surface area contributed by atoms with Crippen molar-refractivity contribution in [2.75, 3.05) is 5.75 Å². The number of nitrogens with zero attached hydrogens (tertiary/aromatic N) is 1. The van der Waals surface area contributed by atoms with Crippen LogP contribution in [0.4, 0.5) is 0 Å². The summed E-state index contributed by atoms with van der Waals surface area (Å²) in [5.41, 5.74) is 1.72. The molecule has 1 fully saturated rings. The van der Waals surface area contributed by atoms with E-state index in [1.165, 1.54) is 18.2 Å². The molecule has 2 aromatic carbocycles. The van der Waals surface area contributed by atoms with Gasteiger partial charge in [0.2, 0.25) is 11.8 Å². The highest BCUT2D eigenvalue weighted by molar-refractivity contribution is 7.99. The van der Waals surface area contributed by atoms with Crippen LogP contribution in [0.25, 0.3) is 0 Å². The van der Waals surface area contributed by atoms with E-state index < -0.39 is 6.04 Å². The van der Waals surface area contributed by atoms with E-state index >= 15 is 0 Å². The van der Waals surface area contributed by atoms with Crippen LogP contribution in [0.3, 0.4) is 0 Å². The third-order valence-corrected chi connectivity index (χ3v) is 8.27. The van der Waals surface area contributed by atoms with Crippen molar-refractivity contribution < 1.29 is 9.59 Å². The highest BCUT2D eigenvalue weighted by atomic mass is 35.5. The van der Waals surface area contributed by atoms with Gasteiger partial charge in [-0.25, -0.2) is 0 Å². The van der Waals surface area contributed by atoms with Gasteiger partial charge in [-0.3, -0.25) is 9.59 Å². The Hall–Kier alpha value is -1.11. The van der Waals surface area contributed by atoms with Crippen molar-refractivity contribution in [3.8, 4) is 0 Å². The molecule has 1 aliphatic carbocycles. The zero-order valence-electron chi connectivity index (χ0n) is 19.0. The molecule has 34 heavy (non-hydrogen) atoms. The summed E-state index contributed by atoms with van der Waals surface area (Å²) in [4.78, 5) is 27.9. The Bertz CT molecular complexity index is 1010. The molecule has 2 aromatic rings. The number of carbonyl (C=O) groups excluding carboxylic acids is 2. The van der Waals surface area contributed by atoms with Crippen molar-refractivity contribution in [1.29, 1.82) is 0 Å². The molecule has 184 valence electrons. The quantitative estimate of drug-likeness (QED) is 0.347. The minimum Gasteiger partial charge on any atom is -0.352 e. The molecule has 1 atom stereocenters. The van der Waals surface area contributed by atoms with Gasteiger partial charge in [-0.2, -0.15) is 0 Å². The summed E-state index contributed by atoms with van der Waals surface area (Å²) < 4.78 is 0. The van der Waals surface area contributed by atoms with E-state index in [4.69, 9.17) is 46.4 Å². The van der Waals surface area contributed by atoms with Gasteiger partial charge in [0.1, 0.15) is 6.04 Å². The molecule has 2 amide bonds. The van der Waals surface area contributed by atoms with Gasteiger partial charge >= 0.3 is 0 Å². The average molecular weight is 562 g/mol. The third kappa shape index (κ3) is 7.96. The maximum absolute atomic E-state index is 13.3. The fraction of sp³-hybridized carbons (Fsp3) is 0.440. The molecule has 1 unspecified atom stereocenters. The van der Waals surface area contributed by atoms with Crippen LogP contribution in [0.15, 0.2) is 36.4 Å². The smallest absolute Gasteiger partial charge is 0.242 e. The number of hydrogen-bond donors (Lipinski definition) is 1. The second-order valence-electron chi connectivity index (χ2n) is 8.52. The molecule has 1 aliphatic rings. The lowest BCUT2D eigenvalue weighted by Crippen LogP contribution is -2.50. The monoisotopic (exact) mass is 560 g/mol. The molecule has 0 bridgehead atoms. The SMILES string of the molecule is CC(C(=O)NC1CCCCC1)N(Cc1ccc(Cl)cc1Cl)C(=O)CSCc1ccc(Cl)c(Cl)c1. The average Bonchev–Trinajstić information content (AvgIpc) is 2.81. The van der Waals surface area contributed by atoms with Crippen LogP contribution in [0.5, 0.6) is 0 Å². The van der Waals surface area contributed by atoms with Crippen LogP contribution in [0, 0.1) is 0 Å². The molecule has 0 aromatic heterocycles. The largest absolute Gasteiger partial charge is 0.352 e. The zero-order valence-corrected chi connectivity index (χ0v) is 22.8. The van der Waals surface area contributed by atoms with Crippen molar-refractivity contribution in [3.63, 3.8) is 0 Å². The first kappa shape index (κ1) is 27.5. The Kier molecular flexibility index (Phi) is 10.7. The number of benzene rings is 2. The molecule has 0 radical (unpaired) electrons. The topological polar surface area (TPSA) is 49.4 Å². The molecule has 0 spiro atoms. The first-order valence-electron chi connectivity index (χ1n) is 11.3. The van der Waals surface area contributed by atoms with Crippen LogP contribution >= 0.6 is 58.2 Å². The van der Waals surface area contributed by atoms with E-state index in [1.807, 2.05) is 6.07 Å². The van der Waals surface area contributed by atoms with Gasteiger partial charge in [0.15, 0.2) is 0 Å². The Morgan fingerprint density at radius 1 is 1.00 bits per heavy atom. The van der Waals surface area contributed by atoms with E-state index in [1.54, 1.807) is 42.2 Å². The van der Waals surface area contributed by atoms with Gasteiger partial charge in [-0.1, -0.05) is 77.8 Å². The predicted octanol–water partition coefficient (Wildman–Crippen LogP) is 7.40. The maximum atomic E-state index is 13.3. The molecule has 1 N–H and O–H groups in total. The standard InChI is InChI=1S/C25H28Cl4N2O2S/c1-16(25(33)30-20-5-3-2-4-6-20)31(13-18-8-9-19(26)12-22(18)28)24(32)15-34-14-17-7-10-21(27)23(29)11-17/h7-12,16,20H,2-6,13-15H2,1H3,(H,30,33). The van der Waals surface area contributed by atoms with Crippen LogP contribution in [0.1, 0.15) is 50.2 Å². The minimum atomic E-state index is -0.633. The van der Waals surface area contributed by atoms with E-state index in [0.29, 0.717) is 25.8 Å². The fourth-order valence-corrected chi connectivity index (χ4v) is 5.60. The molecule has 9 heteroatoms. The molecule has 0 heterocycles. The molecular formula is C25H28Cl4N2O2S. The van der Waals surface area contributed by atoms with Crippen LogP contribution in [-0.4, -0.2) is 34.6 Å². The van der Waals surface area contributed by atoms with Gasteiger partial charge in [-0.05, 0) is 55.2 Å². The van der Waals surface area contributed by atoms with Crippen molar-refractivity contribution in [1.82, 2.24) is 10.2 Å². The van der Waals surface area contributed by atoms with Crippen LogP contribution in [0.2, 0.25) is 20.1 Å². The second kappa shape index (κ2) is 13.3. The Balaban J connectivity index is 1.69. The van der Waals surface area contributed by atoms with Gasteiger partial charge in [0.25, 0.3) is 0 Å². The Labute approximate surface area is 225 Å². The summed E-state index contributed by atoms with van der Waals surface area (Å²) in [6.45, 7) is 1.99. The van der Waals surface area contributed by atoms with E-state index in [9.17, 15) is 9.59 Å². The molecule has 1 saturated carbocycles. The number of rotatable bonds is 9. The van der Waals surface area contributed by atoms with Crippen LogP contribution in [-0.2, 0) is 21.9 Å². The normalized spacial score (nSPS) is 15.1. The first-order valence-corrected chi connectivity index (χ1v) is 14.0. The Morgan fingerprint density at radius 2 is 1.74 bits per heavy atom. The summed E-state index contributed by atoms with van der Waals surface area (Å²) in [6, 6.07) is 10.1. The number of carbonyl (C=O) groups is 2. The van der Waals surface area contributed by atoms with Crippen molar-refractivity contribution >= 4 is 70.0 Å². The van der Waals surface area contributed by atoms with Crippen molar-refractivity contribution in [2.24, 2.45) is 0 Å². The summed E-state index contributed by atoms with van der Waals surface area (Å²) in [6.07, 6.45) is 5.41. The highest BCUT2D eigenvalue weighted by Crippen LogP contribution is 2.26. The summed E-state index contributed by atoms with van der Waals surface area (Å²) in [7, 11) is 0. The number of hydrogen-bond acceptors (Lipinski definition) is 3. The molecular weight excluding hydrogens is 534 g/mol. The van der Waals surface area contributed by atoms with Crippen molar-refractivity contribution in [2.45, 2.75) is 63.4 Å². The van der Waals surface area contributed by atoms with E-state index in [2.05, 4.69) is 5.32 Å². The number of halogens is 4. The minimum absolute atomic E-state index is 0.137. The first-order chi connectivity index (χ1) is 16.2. The number of amides is 2. The number of nitrogens with one attached hydrogen (secondary N) is 1. The van der Waals surface area contributed by atoms with E-state index in [-0.39, 0.29) is 30.2 Å². The predicted molar refractivity (Wildman–Crippen MR) is 144 cm³/mol. The summed E-state index contributed by atoms with van der Waals surface area (Å²) in [5, 5.41) is 5.10. The Morgan fingerprint density at radius 3 is 2.41 bits per heavy atom. The summed E-state index contributed by atoms with van der Waals surface area (Å²) >= 11 is 26.0. The van der Waals surface area contributed by atoms with Gasteiger partial charge in [0, 0.05) is 28.4 Å². The third-order valence-electron chi connectivity index (χ3n) is 5.95. The lowest BCUT2D eigenvalue weighted by atomic mass is 9.95. The summed E-state index contributed by atoms with van der Waals surface area (Å²) in [5.74, 6) is 0.537. The molecule has 0 saturated heterocycles. The highest BCUT2D eigenvalue weighted by Gasteiger charge is 2.28. The van der Waals surface area contributed by atoms with Crippen LogP contribution < -0.4 is 5.32 Å². The maximum Gasteiger partial charge on any atom is 0.242 e. The van der Waals surface area contributed by atoms with Gasteiger partial charge in [0.05, 0.1) is 15.8 Å². The van der Waals surface area contributed by atoms with Gasteiger partial charge in [-0.15, -0.1) is 11.8 Å².